The number of nitro groups is 1. The van der Waals surface area contributed by atoms with E-state index in [0.717, 1.165) is 12.8 Å². The Hall–Kier alpha value is -2.19. The summed E-state index contributed by atoms with van der Waals surface area (Å²) < 4.78 is 5.27. The first-order valence-corrected chi connectivity index (χ1v) is 6.64. The molecule has 1 aliphatic rings. The van der Waals surface area contributed by atoms with Gasteiger partial charge in [0.2, 0.25) is 0 Å². The summed E-state index contributed by atoms with van der Waals surface area (Å²) in [6.45, 7) is 1.00. The molecule has 8 heteroatoms. The molecule has 2 rings (SSSR count). The van der Waals surface area contributed by atoms with Gasteiger partial charge in [0.15, 0.2) is 0 Å². The van der Waals surface area contributed by atoms with Crippen LogP contribution in [0.1, 0.15) is 23.2 Å². The van der Waals surface area contributed by atoms with Crippen molar-refractivity contribution in [3.05, 3.63) is 33.9 Å². The van der Waals surface area contributed by atoms with Gasteiger partial charge in [0.05, 0.1) is 11.0 Å². The predicted molar refractivity (Wildman–Crippen MR) is 76.8 cm³/mol. The summed E-state index contributed by atoms with van der Waals surface area (Å²) in [6, 6.07) is 4.47. The highest BCUT2D eigenvalue weighted by Crippen LogP contribution is 2.29. The van der Waals surface area contributed by atoms with Crippen molar-refractivity contribution in [2.45, 2.75) is 18.9 Å². The topological polar surface area (TPSA) is 111 Å². The van der Waals surface area contributed by atoms with Gasteiger partial charge in [0.1, 0.15) is 11.3 Å². The van der Waals surface area contributed by atoms with Gasteiger partial charge < -0.3 is 15.1 Å². The van der Waals surface area contributed by atoms with Crippen molar-refractivity contribution in [1.29, 1.82) is 0 Å². The van der Waals surface area contributed by atoms with E-state index >= 15 is 0 Å². The number of amides is 1. The Kier molecular flexibility index (Phi) is 4.71. The number of carbonyl (C=O) groups excluding carboxylic acids is 1. The monoisotopic (exact) mass is 294 g/mol. The minimum atomic E-state index is -0.597. The van der Waals surface area contributed by atoms with Crippen LogP contribution in [0.15, 0.2) is 18.2 Å². The lowest BCUT2D eigenvalue weighted by molar-refractivity contribution is -0.384. The number of benzene rings is 1. The summed E-state index contributed by atoms with van der Waals surface area (Å²) in [7, 11) is 1.60. The summed E-state index contributed by atoms with van der Waals surface area (Å²) in [5, 5.41) is 11.2. The molecule has 1 heterocycles. The molecule has 3 N–H and O–H groups in total. The molecule has 114 valence electrons. The smallest absolute Gasteiger partial charge is 0.306 e. The molecule has 1 saturated heterocycles. The Labute approximate surface area is 122 Å². The van der Waals surface area contributed by atoms with Gasteiger partial charge in [-0.15, -0.1) is 0 Å². The number of likely N-dealkylation sites (tertiary alicyclic amines) is 1. The highest BCUT2D eigenvalue weighted by Gasteiger charge is 2.30. The van der Waals surface area contributed by atoms with Crippen LogP contribution in [0.2, 0.25) is 0 Å². The normalized spacial score (nSPS) is 18.4. The molecule has 1 aromatic carbocycles. The minimum Gasteiger partial charge on any atom is -0.380 e. The number of nitrogen functional groups attached to an aromatic ring is 1. The zero-order valence-corrected chi connectivity index (χ0v) is 11.7. The third-order valence-electron chi connectivity index (χ3n) is 3.60. The fraction of sp³-hybridized carbons (Fsp3) is 0.462. The Morgan fingerprint density at radius 3 is 2.95 bits per heavy atom. The van der Waals surface area contributed by atoms with Crippen molar-refractivity contribution in [2.24, 2.45) is 5.84 Å². The van der Waals surface area contributed by atoms with E-state index in [1.54, 1.807) is 18.1 Å². The number of hydrazine groups is 1. The number of carbonyl (C=O) groups is 1. The number of nitrogens with two attached hydrogens (primary N) is 1. The molecule has 21 heavy (non-hydrogen) atoms. The summed E-state index contributed by atoms with van der Waals surface area (Å²) in [4.78, 5) is 24.8. The number of nitrogens with one attached hydrogen (secondary N) is 1. The van der Waals surface area contributed by atoms with Crippen LogP contribution in [0.4, 0.5) is 11.4 Å². The van der Waals surface area contributed by atoms with Gasteiger partial charge in [0.25, 0.3) is 5.91 Å². The molecule has 1 amide bonds. The second-order valence-corrected chi connectivity index (χ2v) is 4.85. The molecule has 0 bridgehead atoms. The lowest BCUT2D eigenvalue weighted by Gasteiger charge is -2.31. The molecule has 1 unspecified atom stereocenters. The first-order valence-electron chi connectivity index (χ1n) is 6.64. The molecule has 8 nitrogen and oxygen atoms in total. The standard InChI is InChI=1S/C13H18N4O4/c1-21-9-4-3-7-16(8-9)13(18)10-5-2-6-11(15-14)12(10)17(19)20/h2,5-6,9,15H,3-4,7-8,14H2,1H3. The van der Waals surface area contributed by atoms with Gasteiger partial charge in [-0.3, -0.25) is 20.8 Å². The average Bonchev–Trinajstić information content (AvgIpc) is 2.53. The third-order valence-corrected chi connectivity index (χ3v) is 3.60. The van der Waals surface area contributed by atoms with E-state index < -0.39 is 4.92 Å². The van der Waals surface area contributed by atoms with Crippen molar-refractivity contribution in [1.82, 2.24) is 4.90 Å². The number of anilines is 1. The van der Waals surface area contributed by atoms with E-state index in [1.165, 1.54) is 12.1 Å². The van der Waals surface area contributed by atoms with Crippen molar-refractivity contribution in [3.63, 3.8) is 0 Å². The number of rotatable bonds is 4. The van der Waals surface area contributed by atoms with Crippen molar-refractivity contribution < 1.29 is 14.5 Å². The number of para-hydroxylation sites is 1. The van der Waals surface area contributed by atoms with Crippen LogP contribution >= 0.6 is 0 Å². The van der Waals surface area contributed by atoms with E-state index in [1.807, 2.05) is 0 Å². The summed E-state index contributed by atoms with van der Waals surface area (Å²) >= 11 is 0. The second kappa shape index (κ2) is 6.51. The Balaban J connectivity index is 2.32. The van der Waals surface area contributed by atoms with Crippen molar-refractivity contribution >= 4 is 17.3 Å². The molecule has 0 saturated carbocycles. The number of piperidine rings is 1. The largest absolute Gasteiger partial charge is 0.380 e. The van der Waals surface area contributed by atoms with Crippen LogP contribution in [0.3, 0.4) is 0 Å². The molecule has 0 aliphatic carbocycles. The number of ether oxygens (including phenoxy) is 1. The maximum Gasteiger partial charge on any atom is 0.306 e. The minimum absolute atomic E-state index is 0.0300. The second-order valence-electron chi connectivity index (χ2n) is 4.85. The maximum atomic E-state index is 12.6. The third kappa shape index (κ3) is 3.11. The number of nitro benzene ring substituents is 1. The van der Waals surface area contributed by atoms with Crippen LogP contribution in [-0.4, -0.2) is 42.0 Å². The van der Waals surface area contributed by atoms with Gasteiger partial charge in [-0.05, 0) is 25.0 Å². The van der Waals surface area contributed by atoms with Crippen LogP contribution in [0.25, 0.3) is 0 Å². The van der Waals surface area contributed by atoms with E-state index in [4.69, 9.17) is 10.6 Å². The molecule has 0 aromatic heterocycles. The van der Waals surface area contributed by atoms with Crippen LogP contribution in [-0.2, 0) is 4.74 Å². The van der Waals surface area contributed by atoms with Crippen molar-refractivity contribution in [3.8, 4) is 0 Å². The van der Waals surface area contributed by atoms with Crippen molar-refractivity contribution in [2.75, 3.05) is 25.6 Å². The highest BCUT2D eigenvalue weighted by atomic mass is 16.6. The quantitative estimate of drug-likeness (QED) is 0.489. The molecule has 0 spiro atoms. The number of hydrogen-bond acceptors (Lipinski definition) is 6. The summed E-state index contributed by atoms with van der Waals surface area (Å²) in [5.74, 6) is 4.91. The molecule has 1 aromatic rings. The van der Waals surface area contributed by atoms with Gasteiger partial charge in [0, 0.05) is 20.2 Å². The fourth-order valence-corrected chi connectivity index (χ4v) is 2.51. The van der Waals surface area contributed by atoms with Crippen LogP contribution in [0.5, 0.6) is 0 Å². The SMILES string of the molecule is COC1CCCN(C(=O)c2cccc(NN)c2[N+](=O)[O-])C1. The summed E-state index contributed by atoms with van der Waals surface area (Å²) in [5.41, 5.74) is 2.11. The number of methoxy groups -OCH3 is 1. The van der Waals surface area contributed by atoms with Gasteiger partial charge in [-0.25, -0.2) is 0 Å². The first kappa shape index (κ1) is 15.2. The van der Waals surface area contributed by atoms with Crippen LogP contribution < -0.4 is 11.3 Å². The molecular formula is C13H18N4O4. The average molecular weight is 294 g/mol. The Morgan fingerprint density at radius 1 is 1.57 bits per heavy atom. The van der Waals surface area contributed by atoms with E-state index in [-0.39, 0.29) is 28.9 Å². The maximum absolute atomic E-state index is 12.6. The molecule has 0 radical (unpaired) electrons. The first-order chi connectivity index (χ1) is 10.1. The predicted octanol–water partition coefficient (Wildman–Crippen LogP) is 1.13. The number of hydrogen-bond donors (Lipinski definition) is 2. The Morgan fingerprint density at radius 2 is 2.33 bits per heavy atom. The van der Waals surface area contributed by atoms with E-state index in [9.17, 15) is 14.9 Å². The summed E-state index contributed by atoms with van der Waals surface area (Å²) in [6.07, 6.45) is 1.66. The lowest BCUT2D eigenvalue weighted by atomic mass is 10.1. The zero-order chi connectivity index (χ0) is 15.4. The molecular weight excluding hydrogens is 276 g/mol. The number of nitrogens with zero attached hydrogens (tertiary/aromatic N) is 2. The van der Waals surface area contributed by atoms with Gasteiger partial charge in [-0.2, -0.15) is 0 Å². The van der Waals surface area contributed by atoms with E-state index in [2.05, 4.69) is 5.43 Å². The molecule has 1 fully saturated rings. The van der Waals surface area contributed by atoms with Crippen LogP contribution in [0, 0.1) is 10.1 Å². The fourth-order valence-electron chi connectivity index (χ4n) is 2.51. The van der Waals surface area contributed by atoms with Gasteiger partial charge >= 0.3 is 5.69 Å². The van der Waals surface area contributed by atoms with Gasteiger partial charge in [-0.1, -0.05) is 6.07 Å². The zero-order valence-electron chi connectivity index (χ0n) is 11.7. The van der Waals surface area contributed by atoms with E-state index in [0.29, 0.717) is 13.1 Å². The highest BCUT2D eigenvalue weighted by molar-refractivity contribution is 6.00. The Bertz CT molecular complexity index is 549. The lowest BCUT2D eigenvalue weighted by Crippen LogP contribution is -2.43. The molecule has 1 aliphatic heterocycles. The molecule has 1 atom stereocenters.